The molecule has 16 heavy (non-hydrogen) atoms. The molecule has 2 rings (SSSR count). The van der Waals surface area contributed by atoms with Crippen LogP contribution in [-0.2, 0) is 6.54 Å². The maximum Gasteiger partial charge on any atom is 0.326 e. The van der Waals surface area contributed by atoms with Gasteiger partial charge in [-0.15, -0.1) is 0 Å². The quantitative estimate of drug-likeness (QED) is 0.670. The Bertz CT molecular complexity index is 567. The summed E-state index contributed by atoms with van der Waals surface area (Å²) in [5, 5.41) is 0. The van der Waals surface area contributed by atoms with E-state index >= 15 is 0 Å². The van der Waals surface area contributed by atoms with Crippen molar-refractivity contribution >= 4 is 0 Å². The third kappa shape index (κ3) is 2.09. The van der Waals surface area contributed by atoms with Gasteiger partial charge in [0.25, 0.3) is 5.56 Å². The lowest BCUT2D eigenvalue weighted by Gasteiger charge is -2.01. The molecule has 0 bridgehead atoms. The minimum atomic E-state index is -0.509. The Kier molecular flexibility index (Phi) is 2.70. The van der Waals surface area contributed by atoms with Crippen LogP contribution in [0.1, 0.15) is 5.56 Å². The van der Waals surface area contributed by atoms with Gasteiger partial charge >= 0.3 is 5.69 Å². The second-order valence-corrected chi connectivity index (χ2v) is 3.40. The van der Waals surface area contributed by atoms with Crippen molar-refractivity contribution in [1.29, 1.82) is 0 Å². The minimum absolute atomic E-state index is 0.415. The van der Waals surface area contributed by atoms with E-state index in [-0.39, 0.29) is 0 Å². The Morgan fingerprint density at radius 2 is 1.75 bits per heavy atom. The molecular weight excluding hydrogens is 206 g/mol. The maximum atomic E-state index is 11.1. The molecule has 0 amide bonds. The van der Waals surface area contributed by atoms with Gasteiger partial charge in [-0.1, -0.05) is 24.3 Å². The highest BCUT2D eigenvalue weighted by Crippen LogP contribution is 2.14. The molecule has 1 aromatic carbocycles. The van der Waals surface area contributed by atoms with Crippen LogP contribution in [0.4, 0.5) is 0 Å². The number of nitrogens with one attached hydrogen (secondary N) is 2. The van der Waals surface area contributed by atoms with Crippen molar-refractivity contribution in [3.8, 4) is 11.3 Å². The van der Waals surface area contributed by atoms with Gasteiger partial charge < -0.3 is 10.7 Å². The second-order valence-electron chi connectivity index (χ2n) is 3.40. The lowest BCUT2D eigenvalue weighted by Crippen LogP contribution is -2.21. The molecule has 1 heterocycles. The van der Waals surface area contributed by atoms with Gasteiger partial charge in [-0.25, -0.2) is 4.79 Å². The smallest absolute Gasteiger partial charge is 0.326 e. The SMILES string of the molecule is NCc1ccc(-c2cc(=O)[nH]c(=O)[nH]2)cc1. The molecule has 0 saturated carbocycles. The van der Waals surface area contributed by atoms with Crippen molar-refractivity contribution in [2.75, 3.05) is 0 Å². The van der Waals surface area contributed by atoms with E-state index in [9.17, 15) is 9.59 Å². The van der Waals surface area contributed by atoms with Gasteiger partial charge in [-0.05, 0) is 11.1 Å². The predicted octanol–water partition coefficient (Wildman–Crippen LogP) is 0.189. The zero-order valence-corrected chi connectivity index (χ0v) is 8.49. The van der Waals surface area contributed by atoms with Gasteiger partial charge in [-0.3, -0.25) is 9.78 Å². The normalized spacial score (nSPS) is 10.3. The van der Waals surface area contributed by atoms with Crippen LogP contribution in [0.5, 0.6) is 0 Å². The van der Waals surface area contributed by atoms with E-state index in [2.05, 4.69) is 9.97 Å². The van der Waals surface area contributed by atoms with E-state index in [4.69, 9.17) is 5.73 Å². The van der Waals surface area contributed by atoms with Crippen LogP contribution in [0.15, 0.2) is 39.9 Å². The van der Waals surface area contributed by atoms with Crippen molar-refractivity contribution in [3.63, 3.8) is 0 Å². The summed E-state index contributed by atoms with van der Waals surface area (Å²) in [7, 11) is 0. The van der Waals surface area contributed by atoms with Crippen molar-refractivity contribution in [2.45, 2.75) is 6.54 Å². The number of hydrogen-bond acceptors (Lipinski definition) is 3. The van der Waals surface area contributed by atoms with Crippen molar-refractivity contribution in [1.82, 2.24) is 9.97 Å². The van der Waals surface area contributed by atoms with E-state index < -0.39 is 11.2 Å². The highest BCUT2D eigenvalue weighted by molar-refractivity contribution is 5.58. The van der Waals surface area contributed by atoms with E-state index in [0.29, 0.717) is 12.2 Å². The van der Waals surface area contributed by atoms with Crippen LogP contribution < -0.4 is 17.0 Å². The molecule has 0 spiro atoms. The highest BCUT2D eigenvalue weighted by Gasteiger charge is 2.00. The molecule has 1 aromatic heterocycles. The van der Waals surface area contributed by atoms with E-state index in [1.54, 1.807) is 0 Å². The number of aromatic amines is 2. The molecule has 0 aliphatic rings. The Morgan fingerprint density at radius 1 is 1.06 bits per heavy atom. The van der Waals surface area contributed by atoms with Crippen molar-refractivity contribution in [2.24, 2.45) is 5.73 Å². The summed E-state index contributed by atoms with van der Waals surface area (Å²) in [5.74, 6) is 0. The number of hydrogen-bond donors (Lipinski definition) is 3. The molecule has 2 aromatic rings. The molecule has 5 heteroatoms. The first kappa shape index (κ1) is 10.4. The Morgan fingerprint density at radius 3 is 2.31 bits per heavy atom. The molecule has 0 aliphatic carbocycles. The fraction of sp³-hybridized carbons (Fsp3) is 0.0909. The summed E-state index contributed by atoms with van der Waals surface area (Å²) in [4.78, 5) is 26.9. The second kappa shape index (κ2) is 4.16. The zero-order valence-electron chi connectivity index (χ0n) is 8.49. The summed E-state index contributed by atoms with van der Waals surface area (Å²) in [5.41, 5.74) is 6.82. The summed E-state index contributed by atoms with van der Waals surface area (Å²) < 4.78 is 0. The fourth-order valence-corrected chi connectivity index (χ4v) is 1.44. The van der Waals surface area contributed by atoms with E-state index in [1.165, 1.54) is 6.07 Å². The van der Waals surface area contributed by atoms with E-state index in [1.807, 2.05) is 24.3 Å². The molecule has 0 atom stereocenters. The lowest BCUT2D eigenvalue weighted by atomic mass is 10.1. The molecule has 5 nitrogen and oxygen atoms in total. The number of benzene rings is 1. The predicted molar refractivity (Wildman–Crippen MR) is 61.0 cm³/mol. The van der Waals surface area contributed by atoms with Crippen LogP contribution in [0.25, 0.3) is 11.3 Å². The molecule has 0 saturated heterocycles. The Labute approximate surface area is 91.0 Å². The molecule has 82 valence electrons. The molecular formula is C11H11N3O2. The van der Waals surface area contributed by atoms with Gasteiger partial charge in [0.15, 0.2) is 0 Å². The number of aromatic nitrogens is 2. The van der Waals surface area contributed by atoms with Gasteiger partial charge in [0, 0.05) is 12.6 Å². The summed E-state index contributed by atoms with van der Waals surface area (Å²) >= 11 is 0. The average molecular weight is 217 g/mol. The number of rotatable bonds is 2. The third-order valence-electron chi connectivity index (χ3n) is 2.26. The fourth-order valence-electron chi connectivity index (χ4n) is 1.44. The number of nitrogens with two attached hydrogens (primary N) is 1. The largest absolute Gasteiger partial charge is 0.326 e. The summed E-state index contributed by atoms with van der Waals surface area (Å²) in [6.07, 6.45) is 0. The molecule has 0 radical (unpaired) electrons. The van der Waals surface area contributed by atoms with Crippen LogP contribution in [0.3, 0.4) is 0 Å². The van der Waals surface area contributed by atoms with Crippen LogP contribution in [0.2, 0.25) is 0 Å². The Hall–Kier alpha value is -2.14. The van der Waals surface area contributed by atoms with Crippen molar-refractivity contribution < 1.29 is 0 Å². The molecule has 0 fully saturated rings. The first-order valence-electron chi connectivity index (χ1n) is 4.82. The van der Waals surface area contributed by atoms with Crippen LogP contribution in [0, 0.1) is 0 Å². The van der Waals surface area contributed by atoms with Gasteiger partial charge in [-0.2, -0.15) is 0 Å². The average Bonchev–Trinajstić information content (AvgIpc) is 2.28. The standard InChI is InChI=1S/C11H11N3O2/c12-6-7-1-3-8(4-2-7)9-5-10(15)14-11(16)13-9/h1-5H,6,12H2,(H2,13,14,15,16). The van der Waals surface area contributed by atoms with Crippen LogP contribution >= 0.6 is 0 Å². The highest BCUT2D eigenvalue weighted by atomic mass is 16.2. The molecule has 4 N–H and O–H groups in total. The van der Waals surface area contributed by atoms with Gasteiger partial charge in [0.05, 0.1) is 5.69 Å². The maximum absolute atomic E-state index is 11.1. The van der Waals surface area contributed by atoms with E-state index in [0.717, 1.165) is 11.1 Å². The van der Waals surface area contributed by atoms with Crippen LogP contribution in [-0.4, -0.2) is 9.97 Å². The Balaban J connectivity index is 2.50. The van der Waals surface area contributed by atoms with Gasteiger partial charge in [0.2, 0.25) is 0 Å². The minimum Gasteiger partial charge on any atom is -0.326 e. The third-order valence-corrected chi connectivity index (χ3v) is 2.26. The first-order valence-corrected chi connectivity index (χ1v) is 4.82. The van der Waals surface area contributed by atoms with Gasteiger partial charge in [0.1, 0.15) is 0 Å². The van der Waals surface area contributed by atoms with Crippen molar-refractivity contribution in [3.05, 3.63) is 56.7 Å². The zero-order chi connectivity index (χ0) is 11.5. The lowest BCUT2D eigenvalue weighted by molar-refractivity contribution is 1.04. The number of H-pyrrole nitrogens is 2. The molecule has 0 aliphatic heterocycles. The molecule has 0 unspecified atom stereocenters. The summed E-state index contributed by atoms with van der Waals surface area (Å²) in [6.45, 7) is 0.464. The monoisotopic (exact) mass is 217 g/mol. The summed E-state index contributed by atoms with van der Waals surface area (Å²) in [6, 6.07) is 8.68. The first-order chi connectivity index (χ1) is 7.69. The topological polar surface area (TPSA) is 91.7 Å².